The van der Waals surface area contributed by atoms with Gasteiger partial charge in [0.15, 0.2) is 0 Å². The number of fused-ring (bicyclic) bond motifs is 1. The average Bonchev–Trinajstić information content (AvgIpc) is 2.83. The summed E-state index contributed by atoms with van der Waals surface area (Å²) in [6.45, 7) is 0. The van der Waals surface area contributed by atoms with E-state index in [-0.39, 0.29) is 51.3 Å². The fraction of sp³-hybridized carbons (Fsp3) is 0.235. The molecule has 2 aromatic carbocycles. The largest absolute Gasteiger partial charge is 0.457 e. The van der Waals surface area contributed by atoms with E-state index >= 15 is 0 Å². The molecule has 1 aliphatic rings. The van der Waals surface area contributed by atoms with Gasteiger partial charge in [0, 0.05) is 28.1 Å². The second kappa shape index (κ2) is 6.79. The molecule has 4 nitrogen and oxygen atoms in total. The average molecular weight is 384 g/mol. The summed E-state index contributed by atoms with van der Waals surface area (Å²) in [5.74, 6) is -0.567. The lowest BCUT2D eigenvalue weighted by molar-refractivity contribution is -0.0328. The Morgan fingerprint density at radius 1 is 1.23 bits per heavy atom. The molecule has 9 heteroatoms. The molecule has 3 rings (SSSR count). The predicted octanol–water partition coefficient (Wildman–Crippen LogP) is 4.54. The molecule has 0 bridgehead atoms. The normalized spacial score (nSPS) is 19.1. The lowest BCUT2D eigenvalue weighted by atomic mass is 10.1. The van der Waals surface area contributed by atoms with Gasteiger partial charge < -0.3 is 15.6 Å². The number of thioether (sulfide) groups is 1. The van der Waals surface area contributed by atoms with Gasteiger partial charge in [0.05, 0.1) is 17.7 Å². The van der Waals surface area contributed by atoms with Crippen molar-refractivity contribution < 1.29 is 27.4 Å². The Bertz CT molecular complexity index is 896. The van der Waals surface area contributed by atoms with Crippen LogP contribution >= 0.6 is 11.8 Å². The zero-order chi connectivity index (χ0) is 19.1. The summed E-state index contributed by atoms with van der Waals surface area (Å²) < 4.78 is 57.4. The van der Waals surface area contributed by atoms with E-state index < -0.39 is 23.5 Å². The van der Waals surface area contributed by atoms with Crippen molar-refractivity contribution in [1.29, 1.82) is 5.26 Å². The van der Waals surface area contributed by atoms with Crippen molar-refractivity contribution in [2.75, 3.05) is 0 Å². The van der Waals surface area contributed by atoms with Crippen molar-refractivity contribution in [2.45, 2.75) is 29.0 Å². The number of alkyl halides is 3. The molecule has 0 saturated heterocycles. The first-order chi connectivity index (χ1) is 12.2. The Kier molecular flexibility index (Phi) is 4.84. The highest BCUT2D eigenvalue weighted by Gasteiger charge is 2.37. The van der Waals surface area contributed by atoms with E-state index in [0.29, 0.717) is 0 Å². The molecule has 1 aliphatic carbocycles. The van der Waals surface area contributed by atoms with Crippen LogP contribution in [-0.2, 0) is 0 Å². The van der Waals surface area contributed by atoms with E-state index in [4.69, 9.17) is 15.7 Å². The number of halogens is 4. The Morgan fingerprint density at radius 2 is 1.96 bits per heavy atom. The van der Waals surface area contributed by atoms with Crippen molar-refractivity contribution in [1.82, 2.24) is 0 Å². The molecule has 1 unspecified atom stereocenters. The number of benzene rings is 2. The molecule has 0 aromatic heterocycles. The zero-order valence-electron chi connectivity index (χ0n) is 13.0. The Balaban J connectivity index is 2.05. The number of nitriles is 1. The van der Waals surface area contributed by atoms with Gasteiger partial charge in [0.25, 0.3) is 0 Å². The summed E-state index contributed by atoms with van der Waals surface area (Å²) in [5, 5.41) is 19.0. The molecular weight excluding hydrogens is 372 g/mol. The standard InChI is InChI=1S/C17H12F4N2O2S/c18-9-3-8(7-22)4-10(5-9)25-13-1-2-14(26-17(19,20)21)16-12(24)6-11(23)15(13)16/h1-5,11-12,24H,6,23H2/t11-,12?/m0/s1. The number of hydrogen-bond acceptors (Lipinski definition) is 5. The smallest absolute Gasteiger partial charge is 0.446 e. The number of nitrogens with two attached hydrogens (primary N) is 1. The summed E-state index contributed by atoms with van der Waals surface area (Å²) >= 11 is -0.339. The minimum Gasteiger partial charge on any atom is -0.457 e. The summed E-state index contributed by atoms with van der Waals surface area (Å²) in [5.41, 5.74) is 1.77. The second-order valence-corrected chi connectivity index (χ2v) is 6.79. The highest BCUT2D eigenvalue weighted by atomic mass is 32.2. The van der Waals surface area contributed by atoms with Crippen LogP contribution in [0.15, 0.2) is 35.2 Å². The first kappa shape index (κ1) is 18.5. The second-order valence-electron chi connectivity index (χ2n) is 5.68. The van der Waals surface area contributed by atoms with Crippen molar-refractivity contribution in [2.24, 2.45) is 5.73 Å². The number of hydrogen-bond donors (Lipinski definition) is 2. The van der Waals surface area contributed by atoms with Crippen molar-refractivity contribution in [3.05, 3.63) is 52.8 Å². The van der Waals surface area contributed by atoms with Crippen molar-refractivity contribution >= 4 is 11.8 Å². The third-order valence-electron chi connectivity index (χ3n) is 3.84. The van der Waals surface area contributed by atoms with E-state index in [1.54, 1.807) is 6.07 Å². The van der Waals surface area contributed by atoms with Crippen LogP contribution in [0.3, 0.4) is 0 Å². The number of aliphatic hydroxyl groups is 1. The molecule has 136 valence electrons. The van der Waals surface area contributed by atoms with Crippen LogP contribution in [0.2, 0.25) is 0 Å². The van der Waals surface area contributed by atoms with Crippen molar-refractivity contribution in [3.63, 3.8) is 0 Å². The predicted molar refractivity (Wildman–Crippen MR) is 86.0 cm³/mol. The van der Waals surface area contributed by atoms with E-state index in [1.165, 1.54) is 18.2 Å². The van der Waals surface area contributed by atoms with E-state index in [1.807, 2.05) is 0 Å². The van der Waals surface area contributed by atoms with Crippen LogP contribution < -0.4 is 10.5 Å². The maximum absolute atomic E-state index is 13.6. The SMILES string of the molecule is N#Cc1cc(F)cc(Oc2ccc(SC(F)(F)F)c3c2[C@@H](N)CC3O)c1. The Labute approximate surface area is 150 Å². The van der Waals surface area contributed by atoms with Gasteiger partial charge in [-0.25, -0.2) is 4.39 Å². The van der Waals surface area contributed by atoms with Gasteiger partial charge >= 0.3 is 5.51 Å². The van der Waals surface area contributed by atoms with Crippen molar-refractivity contribution in [3.8, 4) is 17.6 Å². The molecule has 0 fully saturated rings. The van der Waals surface area contributed by atoms with Crippen LogP contribution in [0.4, 0.5) is 17.6 Å². The van der Waals surface area contributed by atoms with Gasteiger partial charge in [-0.15, -0.1) is 0 Å². The van der Waals surface area contributed by atoms with Gasteiger partial charge in [-0.2, -0.15) is 18.4 Å². The monoisotopic (exact) mass is 384 g/mol. The molecule has 26 heavy (non-hydrogen) atoms. The van der Waals surface area contributed by atoms with Gasteiger partial charge in [-0.05, 0) is 42.4 Å². The fourth-order valence-electron chi connectivity index (χ4n) is 2.91. The summed E-state index contributed by atoms with van der Waals surface area (Å²) in [6, 6.07) is 6.89. The topological polar surface area (TPSA) is 79.3 Å². The third-order valence-corrected chi connectivity index (χ3v) is 4.65. The molecule has 0 radical (unpaired) electrons. The lowest BCUT2D eigenvalue weighted by Crippen LogP contribution is -2.08. The molecule has 0 saturated carbocycles. The molecule has 0 spiro atoms. The van der Waals surface area contributed by atoms with Gasteiger partial charge in [-0.1, -0.05) is 0 Å². The highest BCUT2D eigenvalue weighted by molar-refractivity contribution is 8.00. The highest BCUT2D eigenvalue weighted by Crippen LogP contribution is 2.50. The first-order valence-electron chi connectivity index (χ1n) is 7.42. The number of nitrogens with zero attached hydrogens (tertiary/aromatic N) is 1. The molecule has 0 heterocycles. The summed E-state index contributed by atoms with van der Waals surface area (Å²) in [7, 11) is 0. The van der Waals surface area contributed by atoms with Gasteiger partial charge in [-0.3, -0.25) is 0 Å². The fourth-order valence-corrected chi connectivity index (χ4v) is 3.66. The molecule has 3 N–H and O–H groups in total. The van der Waals surface area contributed by atoms with E-state index in [9.17, 15) is 22.7 Å². The minimum absolute atomic E-state index is 0.00793. The Morgan fingerprint density at radius 3 is 2.62 bits per heavy atom. The minimum atomic E-state index is -4.52. The molecule has 2 atom stereocenters. The van der Waals surface area contributed by atoms with E-state index in [0.717, 1.165) is 12.1 Å². The molecule has 0 aliphatic heterocycles. The lowest BCUT2D eigenvalue weighted by Gasteiger charge is -2.17. The molecular formula is C17H12F4N2O2S. The maximum atomic E-state index is 13.6. The molecule has 0 amide bonds. The van der Waals surface area contributed by atoms with Gasteiger partial charge in [0.2, 0.25) is 0 Å². The van der Waals surface area contributed by atoms with E-state index in [2.05, 4.69) is 0 Å². The maximum Gasteiger partial charge on any atom is 0.446 e. The first-order valence-corrected chi connectivity index (χ1v) is 8.24. The summed E-state index contributed by atoms with van der Waals surface area (Å²) in [6.07, 6.45) is -1.11. The Hall–Kier alpha value is -2.28. The molecule has 2 aromatic rings. The van der Waals surface area contributed by atoms with Crippen LogP contribution in [0.5, 0.6) is 11.5 Å². The van der Waals surface area contributed by atoms with Crippen LogP contribution in [0, 0.1) is 17.1 Å². The zero-order valence-corrected chi connectivity index (χ0v) is 13.9. The van der Waals surface area contributed by atoms with Crippen LogP contribution in [-0.4, -0.2) is 10.6 Å². The third kappa shape index (κ3) is 3.77. The number of ether oxygens (including phenoxy) is 1. The quantitative estimate of drug-likeness (QED) is 0.600. The summed E-state index contributed by atoms with van der Waals surface area (Å²) in [4.78, 5) is -0.155. The van der Waals surface area contributed by atoms with Crippen LogP contribution in [0.25, 0.3) is 0 Å². The number of rotatable bonds is 3. The van der Waals surface area contributed by atoms with Crippen LogP contribution in [0.1, 0.15) is 35.3 Å². The number of aliphatic hydroxyl groups excluding tert-OH is 1. The van der Waals surface area contributed by atoms with Gasteiger partial charge in [0.1, 0.15) is 17.3 Å².